The van der Waals surface area contributed by atoms with Gasteiger partial charge >= 0.3 is 0 Å². The summed E-state index contributed by atoms with van der Waals surface area (Å²) in [6, 6.07) is 6.93. The van der Waals surface area contributed by atoms with E-state index in [0.29, 0.717) is 5.75 Å². The zero-order chi connectivity index (χ0) is 20.4. The van der Waals surface area contributed by atoms with Crippen molar-refractivity contribution in [2.45, 2.75) is 26.2 Å². The van der Waals surface area contributed by atoms with Crippen molar-refractivity contribution >= 4 is 11.6 Å². The number of hydrogen-bond donors (Lipinski definition) is 2. The fraction of sp³-hybridized carbons (Fsp3) is 0.278. The molecule has 0 aliphatic carbocycles. The van der Waals surface area contributed by atoms with E-state index in [0.717, 1.165) is 5.56 Å². The molecule has 0 saturated carbocycles. The molecule has 0 aliphatic heterocycles. The lowest BCUT2D eigenvalue weighted by Gasteiger charge is -2.19. The molecule has 0 saturated heterocycles. The first-order valence-corrected chi connectivity index (χ1v) is 7.82. The third kappa shape index (κ3) is 4.66. The smallest absolute Gasteiger partial charge is 0.276 e. The molecule has 9 heteroatoms. The van der Waals surface area contributed by atoms with Gasteiger partial charge in [-0.1, -0.05) is 32.9 Å². The van der Waals surface area contributed by atoms with Gasteiger partial charge in [0, 0.05) is 0 Å². The molecule has 0 radical (unpaired) electrons. The highest BCUT2D eigenvalue weighted by atomic mass is 19.2. The van der Waals surface area contributed by atoms with E-state index in [4.69, 9.17) is 4.74 Å². The Bertz CT molecular complexity index is 819. The molecule has 1 amide bonds. The van der Waals surface area contributed by atoms with Gasteiger partial charge in [0.15, 0.2) is 29.9 Å². The SMILES string of the molecule is CC(C)(C)c1ccc(OCC(=O)NNc2c(F)c(F)c(F)c(F)c2F)cc1. The van der Waals surface area contributed by atoms with E-state index in [2.05, 4.69) is 0 Å². The minimum absolute atomic E-state index is 0.0618. The van der Waals surface area contributed by atoms with Crippen LogP contribution in [0.1, 0.15) is 26.3 Å². The Morgan fingerprint density at radius 1 is 0.889 bits per heavy atom. The number of amides is 1. The summed E-state index contributed by atoms with van der Waals surface area (Å²) < 4.78 is 71.2. The summed E-state index contributed by atoms with van der Waals surface area (Å²) in [6.07, 6.45) is 0. The molecular formula is C18H17F5N2O2. The summed E-state index contributed by atoms with van der Waals surface area (Å²) in [5.41, 5.74) is 3.11. The van der Waals surface area contributed by atoms with Crippen LogP contribution in [0.4, 0.5) is 27.6 Å². The van der Waals surface area contributed by atoms with Crippen molar-refractivity contribution < 1.29 is 31.5 Å². The fourth-order valence-corrected chi connectivity index (χ4v) is 2.08. The fourth-order valence-electron chi connectivity index (χ4n) is 2.08. The lowest BCUT2D eigenvalue weighted by atomic mass is 9.87. The van der Waals surface area contributed by atoms with Gasteiger partial charge in [0.05, 0.1) is 0 Å². The van der Waals surface area contributed by atoms with Crippen LogP contribution in [0.15, 0.2) is 24.3 Å². The Morgan fingerprint density at radius 2 is 1.37 bits per heavy atom. The van der Waals surface area contributed by atoms with Gasteiger partial charge in [0.2, 0.25) is 5.82 Å². The van der Waals surface area contributed by atoms with Crippen LogP contribution in [0.3, 0.4) is 0 Å². The van der Waals surface area contributed by atoms with Gasteiger partial charge in [0.1, 0.15) is 11.4 Å². The van der Waals surface area contributed by atoms with Gasteiger partial charge in [-0.2, -0.15) is 0 Å². The van der Waals surface area contributed by atoms with E-state index < -0.39 is 47.3 Å². The molecule has 0 heterocycles. The van der Waals surface area contributed by atoms with Gasteiger partial charge in [-0.3, -0.25) is 15.6 Å². The van der Waals surface area contributed by atoms with Crippen molar-refractivity contribution in [3.05, 3.63) is 58.9 Å². The van der Waals surface area contributed by atoms with Crippen molar-refractivity contribution in [1.82, 2.24) is 5.43 Å². The van der Waals surface area contributed by atoms with Gasteiger partial charge < -0.3 is 4.74 Å². The minimum atomic E-state index is -2.29. The molecule has 2 N–H and O–H groups in total. The monoisotopic (exact) mass is 388 g/mol. The van der Waals surface area contributed by atoms with Crippen LogP contribution < -0.4 is 15.6 Å². The Morgan fingerprint density at radius 3 is 1.85 bits per heavy atom. The first-order valence-electron chi connectivity index (χ1n) is 7.82. The number of hydrazine groups is 1. The molecular weight excluding hydrogens is 371 g/mol. The van der Waals surface area contributed by atoms with Gasteiger partial charge in [-0.15, -0.1) is 0 Å². The standard InChI is InChI=1S/C18H17F5N2O2/c1-18(2,3)9-4-6-10(7-5-9)27-8-11(26)24-25-17-15(22)13(20)12(19)14(21)16(17)23/h4-7,25H,8H2,1-3H3,(H,24,26). The number of halogens is 5. The van der Waals surface area contributed by atoms with Gasteiger partial charge in [-0.05, 0) is 23.1 Å². The summed E-state index contributed by atoms with van der Waals surface area (Å²) >= 11 is 0. The Balaban J connectivity index is 1.96. The van der Waals surface area contributed by atoms with Crippen molar-refractivity contribution in [3.8, 4) is 5.75 Å². The highest BCUT2D eigenvalue weighted by Crippen LogP contribution is 2.26. The number of ether oxygens (including phenoxy) is 1. The molecule has 0 aromatic heterocycles. The predicted molar refractivity (Wildman–Crippen MR) is 88.6 cm³/mol. The first kappa shape index (κ1) is 20.5. The van der Waals surface area contributed by atoms with E-state index in [9.17, 15) is 26.7 Å². The molecule has 2 rings (SSSR count). The van der Waals surface area contributed by atoms with Gasteiger partial charge in [-0.25, -0.2) is 22.0 Å². The highest BCUT2D eigenvalue weighted by Gasteiger charge is 2.26. The number of benzene rings is 2. The molecule has 4 nitrogen and oxygen atoms in total. The molecule has 27 heavy (non-hydrogen) atoms. The van der Waals surface area contributed by atoms with Crippen LogP contribution >= 0.6 is 0 Å². The number of rotatable bonds is 5. The maximum Gasteiger partial charge on any atom is 0.276 e. The molecule has 0 fully saturated rings. The molecule has 0 spiro atoms. The summed E-state index contributed by atoms with van der Waals surface area (Å²) in [5, 5.41) is 0. The highest BCUT2D eigenvalue weighted by molar-refractivity contribution is 5.79. The Kier molecular flexibility index (Phi) is 5.92. The third-order valence-electron chi connectivity index (χ3n) is 3.63. The number of carbonyl (C=O) groups excluding carboxylic acids is 1. The Hall–Kier alpha value is -2.84. The average molecular weight is 388 g/mol. The van der Waals surface area contributed by atoms with Crippen LogP contribution in [0.5, 0.6) is 5.75 Å². The first-order chi connectivity index (χ1) is 12.5. The molecule has 2 aromatic rings. The van der Waals surface area contributed by atoms with Gasteiger partial charge in [0.25, 0.3) is 5.91 Å². The van der Waals surface area contributed by atoms with E-state index >= 15 is 0 Å². The summed E-state index contributed by atoms with van der Waals surface area (Å²) in [4.78, 5) is 11.7. The molecule has 0 unspecified atom stereocenters. The largest absolute Gasteiger partial charge is 0.484 e. The quantitative estimate of drug-likeness (QED) is 0.349. The molecule has 146 valence electrons. The maximum absolute atomic E-state index is 13.5. The van der Waals surface area contributed by atoms with Crippen LogP contribution in [-0.2, 0) is 10.2 Å². The van der Waals surface area contributed by atoms with E-state index in [1.165, 1.54) is 0 Å². The zero-order valence-electron chi connectivity index (χ0n) is 14.7. The van der Waals surface area contributed by atoms with Crippen molar-refractivity contribution in [2.24, 2.45) is 0 Å². The van der Waals surface area contributed by atoms with E-state index in [1.54, 1.807) is 17.6 Å². The normalized spacial score (nSPS) is 11.3. The van der Waals surface area contributed by atoms with Crippen molar-refractivity contribution in [2.75, 3.05) is 12.0 Å². The second-order valence-corrected chi connectivity index (χ2v) is 6.68. The van der Waals surface area contributed by atoms with Crippen LogP contribution in [0, 0.1) is 29.1 Å². The summed E-state index contributed by atoms with van der Waals surface area (Å²) in [7, 11) is 0. The molecule has 2 aromatic carbocycles. The van der Waals surface area contributed by atoms with Crippen LogP contribution in [0.25, 0.3) is 0 Å². The summed E-state index contributed by atoms with van der Waals surface area (Å²) in [5.74, 6) is -11.2. The van der Waals surface area contributed by atoms with Crippen molar-refractivity contribution in [3.63, 3.8) is 0 Å². The number of anilines is 1. The lowest BCUT2D eigenvalue weighted by molar-refractivity contribution is -0.122. The molecule has 0 atom stereocenters. The lowest BCUT2D eigenvalue weighted by Crippen LogP contribution is -2.34. The molecule has 0 bridgehead atoms. The summed E-state index contributed by atoms with van der Waals surface area (Å²) in [6.45, 7) is 5.54. The second-order valence-electron chi connectivity index (χ2n) is 6.68. The predicted octanol–water partition coefficient (Wildman–Crippen LogP) is 4.20. The Labute approximate surface area is 152 Å². The number of nitrogens with one attached hydrogen (secondary N) is 2. The molecule has 0 aliphatic rings. The number of carbonyl (C=O) groups is 1. The second kappa shape index (κ2) is 7.81. The maximum atomic E-state index is 13.5. The van der Waals surface area contributed by atoms with Crippen LogP contribution in [0.2, 0.25) is 0 Å². The third-order valence-corrected chi connectivity index (χ3v) is 3.63. The average Bonchev–Trinajstić information content (AvgIpc) is 2.62. The van der Waals surface area contributed by atoms with Crippen LogP contribution in [-0.4, -0.2) is 12.5 Å². The minimum Gasteiger partial charge on any atom is -0.484 e. The van der Waals surface area contributed by atoms with E-state index in [1.807, 2.05) is 38.3 Å². The van der Waals surface area contributed by atoms with Crippen molar-refractivity contribution in [1.29, 1.82) is 0 Å². The van der Waals surface area contributed by atoms with E-state index in [-0.39, 0.29) is 5.41 Å². The topological polar surface area (TPSA) is 50.4 Å². The number of hydrogen-bond acceptors (Lipinski definition) is 3. The zero-order valence-corrected chi connectivity index (χ0v) is 14.7.